The molecule has 4 heterocycles. The van der Waals surface area contributed by atoms with Crippen molar-refractivity contribution >= 4 is 46.8 Å². The molecular formula is C40H68F6MnN4O6S2Si2. The SMILES string of the molecule is CC(C)[Si](c1ccc(CN2CCC[C@H]2[C@@H]2CCCN2Cc2ccc([Si](C(C)C)(C(C)C)C(C)C)cn2)nc1)(C(C)C)C(C)C.O=S(=O)(O)C(F)(F)F.O=S(=O)(O)C(F)(F)F.[Mn]. The van der Waals surface area contributed by atoms with Crippen LogP contribution < -0.4 is 10.4 Å². The molecule has 0 spiro atoms. The van der Waals surface area contributed by atoms with E-state index in [1.807, 2.05) is 0 Å². The monoisotopic (exact) mass is 989 g/mol. The number of hydrogen-bond donors (Lipinski definition) is 2. The van der Waals surface area contributed by atoms with E-state index in [-0.39, 0.29) is 17.1 Å². The van der Waals surface area contributed by atoms with Gasteiger partial charge < -0.3 is 0 Å². The molecule has 2 aliphatic rings. The minimum Gasteiger partial charge on any atom is -0.293 e. The van der Waals surface area contributed by atoms with Gasteiger partial charge in [-0.3, -0.25) is 28.9 Å². The van der Waals surface area contributed by atoms with Gasteiger partial charge in [0.1, 0.15) is 0 Å². The first-order valence-electron chi connectivity index (χ1n) is 20.7. The molecule has 1 radical (unpaired) electrons. The van der Waals surface area contributed by atoms with Gasteiger partial charge in [0.2, 0.25) is 0 Å². The molecule has 0 unspecified atom stereocenters. The molecule has 2 saturated heterocycles. The van der Waals surface area contributed by atoms with E-state index in [1.54, 1.807) is 10.4 Å². The predicted molar refractivity (Wildman–Crippen MR) is 232 cm³/mol. The second-order valence-corrected chi connectivity index (χ2v) is 32.7. The minimum absolute atomic E-state index is 0. The summed E-state index contributed by atoms with van der Waals surface area (Å²) in [7, 11) is -15.0. The van der Waals surface area contributed by atoms with Crippen LogP contribution >= 0.6 is 0 Å². The fraction of sp³-hybridized carbons (Fsp3) is 0.750. The Balaban J connectivity index is 0.000000924. The Morgan fingerprint density at radius 3 is 1.00 bits per heavy atom. The molecule has 2 N–H and O–H groups in total. The van der Waals surface area contributed by atoms with E-state index >= 15 is 0 Å². The Morgan fingerprint density at radius 1 is 0.574 bits per heavy atom. The third-order valence-corrected chi connectivity index (χ3v) is 28.2. The van der Waals surface area contributed by atoms with Gasteiger partial charge in [0.15, 0.2) is 0 Å². The molecule has 0 amide bonds. The van der Waals surface area contributed by atoms with Crippen molar-refractivity contribution in [3.8, 4) is 0 Å². The minimum atomic E-state index is -5.84. The van der Waals surface area contributed by atoms with Gasteiger partial charge in [-0.15, -0.1) is 0 Å². The molecule has 2 aromatic heterocycles. The van der Waals surface area contributed by atoms with Gasteiger partial charge in [0.25, 0.3) is 0 Å². The summed E-state index contributed by atoms with van der Waals surface area (Å²) in [5.41, 5.74) is -4.32. The average Bonchev–Trinajstić information content (AvgIpc) is 3.73. The van der Waals surface area contributed by atoms with E-state index in [1.165, 1.54) is 50.2 Å². The van der Waals surface area contributed by atoms with Crippen molar-refractivity contribution in [2.45, 2.75) is 178 Å². The zero-order valence-corrected chi connectivity index (χ0v) is 42.3. The zero-order valence-electron chi connectivity index (χ0n) is 37.5. The van der Waals surface area contributed by atoms with Gasteiger partial charge in [0, 0.05) is 54.6 Å². The summed E-state index contributed by atoms with van der Waals surface area (Å²) in [6, 6.07) is 10.9. The van der Waals surface area contributed by atoms with Crippen LogP contribution in [-0.2, 0) is 50.4 Å². The van der Waals surface area contributed by atoms with Crippen LogP contribution in [0.15, 0.2) is 36.7 Å². The molecule has 2 aliphatic heterocycles. The Labute approximate surface area is 373 Å². The first-order chi connectivity index (χ1) is 27.3. The van der Waals surface area contributed by atoms with E-state index in [4.69, 9.17) is 35.9 Å². The number of likely N-dealkylation sites (tertiary alicyclic amines) is 2. The second-order valence-electron chi connectivity index (χ2n) is 18.1. The number of pyridine rings is 2. The summed E-state index contributed by atoms with van der Waals surface area (Å²) < 4.78 is 115. The van der Waals surface area contributed by atoms with Crippen molar-refractivity contribution in [3.05, 3.63) is 48.0 Å². The standard InChI is InChI=1S/C38H66N4Si2.2CHF3O3S.Mn/c1-27(2)43(28(3)4,29(5)6)35-19-17-33(39-23-35)25-41-21-13-15-37(41)38-16-14-22-42(38)26-34-18-20-36(24-40-34)44(30(7)8,31(9)10)32(11)12;2*2-1(3,4)8(5,6)7;/h17-20,23-24,27-32,37-38H,13-16,21-22,25-26H2,1-12H3;2*(H,5,6,7);/t37-,38-;;;/m0.../s1. The van der Waals surface area contributed by atoms with Gasteiger partial charge >= 0.3 is 31.3 Å². The summed E-state index contributed by atoms with van der Waals surface area (Å²) in [4.78, 5) is 15.8. The Morgan fingerprint density at radius 2 is 0.820 bits per heavy atom. The molecule has 0 bridgehead atoms. The largest absolute Gasteiger partial charge is 0.522 e. The molecule has 10 nitrogen and oxygen atoms in total. The Hall–Kier alpha value is -1.43. The van der Waals surface area contributed by atoms with Crippen molar-refractivity contribution in [1.82, 2.24) is 19.8 Å². The molecule has 2 aromatic rings. The van der Waals surface area contributed by atoms with Gasteiger partial charge in [-0.2, -0.15) is 43.2 Å². The van der Waals surface area contributed by atoms with Crippen LogP contribution in [-0.4, -0.2) is 98.0 Å². The maximum Gasteiger partial charge on any atom is 0.522 e. The maximum atomic E-state index is 10.7. The van der Waals surface area contributed by atoms with Gasteiger partial charge in [-0.05, 0) is 94.5 Å². The number of nitrogens with zero attached hydrogens (tertiary/aromatic N) is 4. The van der Waals surface area contributed by atoms with Crippen molar-refractivity contribution in [2.24, 2.45) is 0 Å². The normalized spacial score (nSPS) is 18.8. The molecule has 2 fully saturated rings. The third kappa shape index (κ3) is 13.8. The summed E-state index contributed by atoms with van der Waals surface area (Å²) >= 11 is 0. The molecular weight excluding hydrogens is 922 g/mol. The van der Waals surface area contributed by atoms with E-state index in [2.05, 4.69) is 130 Å². The quantitative estimate of drug-likeness (QED) is 0.0863. The van der Waals surface area contributed by atoms with E-state index in [9.17, 15) is 26.3 Å². The van der Waals surface area contributed by atoms with Crippen LogP contribution in [0.2, 0.25) is 33.2 Å². The Bertz CT molecular complexity index is 1690. The first kappa shape index (κ1) is 57.6. The fourth-order valence-electron chi connectivity index (χ4n) is 10.9. The smallest absolute Gasteiger partial charge is 0.293 e. The summed E-state index contributed by atoms with van der Waals surface area (Å²) in [5.74, 6) is 0. The van der Waals surface area contributed by atoms with Crippen LogP contribution in [0.25, 0.3) is 0 Å². The van der Waals surface area contributed by atoms with Crippen molar-refractivity contribution < 1.29 is 69.4 Å². The molecule has 2 atom stereocenters. The van der Waals surface area contributed by atoms with Crippen molar-refractivity contribution in [2.75, 3.05) is 13.1 Å². The van der Waals surface area contributed by atoms with Gasteiger partial charge in [-0.1, -0.05) is 95.2 Å². The molecule has 353 valence electrons. The topological polar surface area (TPSA) is 141 Å². The van der Waals surface area contributed by atoms with E-state index in [0.29, 0.717) is 45.3 Å². The van der Waals surface area contributed by atoms with Gasteiger partial charge in [-0.25, -0.2) is 0 Å². The summed E-state index contributed by atoms with van der Waals surface area (Å²) in [5, 5.41) is 3.10. The summed E-state index contributed by atoms with van der Waals surface area (Å²) in [6.07, 6.45) is 9.77. The fourth-order valence-corrected chi connectivity index (χ4v) is 24.3. The molecule has 0 aliphatic carbocycles. The van der Waals surface area contributed by atoms with E-state index < -0.39 is 47.4 Å². The third-order valence-electron chi connectivity index (χ3n) is 13.0. The number of hydrogen-bond acceptors (Lipinski definition) is 8. The molecule has 0 saturated carbocycles. The number of rotatable bonds is 13. The average molecular weight is 990 g/mol. The van der Waals surface area contributed by atoms with Crippen LogP contribution in [0.3, 0.4) is 0 Å². The van der Waals surface area contributed by atoms with Crippen LogP contribution in [0.5, 0.6) is 0 Å². The summed E-state index contributed by atoms with van der Waals surface area (Å²) in [6.45, 7) is 33.7. The predicted octanol–water partition coefficient (Wildman–Crippen LogP) is 9.66. The van der Waals surface area contributed by atoms with Crippen LogP contribution in [0, 0.1) is 0 Å². The van der Waals surface area contributed by atoms with E-state index in [0.717, 1.165) is 13.1 Å². The molecule has 61 heavy (non-hydrogen) atoms. The molecule has 4 rings (SSSR count). The Kier molecular flexibility index (Phi) is 21.4. The van der Waals surface area contributed by atoms with Crippen LogP contribution in [0.4, 0.5) is 26.3 Å². The zero-order chi connectivity index (χ0) is 46.4. The number of halogens is 6. The number of alkyl halides is 6. The second kappa shape index (κ2) is 22.7. The van der Waals surface area contributed by atoms with Crippen molar-refractivity contribution in [1.29, 1.82) is 0 Å². The van der Waals surface area contributed by atoms with Gasteiger partial charge in [0.05, 0.1) is 27.5 Å². The van der Waals surface area contributed by atoms with Crippen LogP contribution in [0.1, 0.15) is 120 Å². The van der Waals surface area contributed by atoms with Crippen molar-refractivity contribution in [3.63, 3.8) is 0 Å². The molecule has 0 aromatic carbocycles. The molecule has 21 heteroatoms. The first-order valence-corrected chi connectivity index (χ1v) is 28.1. The maximum absolute atomic E-state index is 10.7. The number of aromatic nitrogens is 2.